The lowest BCUT2D eigenvalue weighted by molar-refractivity contribution is 1.15. The first kappa shape index (κ1) is 8.31. The van der Waals surface area contributed by atoms with Crippen molar-refractivity contribution in [3.8, 4) is 0 Å². The summed E-state index contributed by atoms with van der Waals surface area (Å²) in [5.41, 5.74) is 0. The number of thioether (sulfide) groups is 1. The predicted molar refractivity (Wildman–Crippen MR) is 42.3 cm³/mol. The molecule has 0 fully saturated rings. The van der Waals surface area contributed by atoms with Crippen molar-refractivity contribution in [1.82, 2.24) is 0 Å². The molecule has 0 spiro atoms. The average molecular weight is 152 g/mol. The molecule has 0 aliphatic carbocycles. The minimum Gasteiger partial charge on any atom is -0.282 e. The highest BCUT2D eigenvalue weighted by molar-refractivity contribution is 8.14. The minimum absolute atomic E-state index is 0. The van der Waals surface area contributed by atoms with E-state index in [0.29, 0.717) is 0 Å². The maximum Gasteiger partial charge on any atom is 0.0674 e. The molecule has 0 radical (unpaired) electrons. The number of hydrogen-bond donors (Lipinski definition) is 0. The van der Waals surface area contributed by atoms with Gasteiger partial charge in [-0.2, -0.15) is 0 Å². The van der Waals surface area contributed by atoms with Crippen molar-refractivity contribution >= 4 is 29.2 Å². The maximum absolute atomic E-state index is 4.23. The fourth-order valence-electron chi connectivity index (χ4n) is 0.593. The summed E-state index contributed by atoms with van der Waals surface area (Å²) in [6, 6.07) is 0. The summed E-state index contributed by atoms with van der Waals surface area (Å²) in [5, 5.41) is 1.33. The summed E-state index contributed by atoms with van der Waals surface area (Å²) in [6.45, 7) is 3.20. The zero-order valence-electron chi connectivity index (χ0n) is 4.89. The van der Waals surface area contributed by atoms with Crippen molar-refractivity contribution in [3.63, 3.8) is 0 Å². The third kappa shape index (κ3) is 2.05. The second kappa shape index (κ2) is 4.21. The maximum atomic E-state index is 4.23. The number of rotatable bonds is 1. The Kier molecular flexibility index (Phi) is 4.38. The molecule has 1 rings (SSSR count). The summed E-state index contributed by atoms with van der Waals surface area (Å²) in [7, 11) is 0. The largest absolute Gasteiger partial charge is 0.282 e. The van der Waals surface area contributed by atoms with Gasteiger partial charge in [-0.15, -0.1) is 24.2 Å². The van der Waals surface area contributed by atoms with Crippen LogP contribution in [0.5, 0.6) is 0 Å². The summed E-state index contributed by atoms with van der Waals surface area (Å²) >= 11 is 1.89. The molecule has 48 valence electrons. The van der Waals surface area contributed by atoms with Crippen LogP contribution in [0.15, 0.2) is 4.99 Å². The van der Waals surface area contributed by atoms with Crippen LogP contribution in [-0.2, 0) is 0 Å². The van der Waals surface area contributed by atoms with E-state index < -0.39 is 0 Å². The van der Waals surface area contributed by atoms with Gasteiger partial charge in [-0.3, -0.25) is 4.99 Å². The zero-order chi connectivity index (χ0) is 5.11. The fourth-order valence-corrected chi connectivity index (χ4v) is 1.40. The molecule has 0 amide bonds. The second-order valence-corrected chi connectivity index (χ2v) is 2.65. The third-order valence-corrected chi connectivity index (χ3v) is 2.09. The molecular weight excluding hydrogens is 142 g/mol. The summed E-state index contributed by atoms with van der Waals surface area (Å²) < 4.78 is 0. The summed E-state index contributed by atoms with van der Waals surface area (Å²) in [4.78, 5) is 4.23. The van der Waals surface area contributed by atoms with Gasteiger partial charge in [-0.25, -0.2) is 0 Å². The van der Waals surface area contributed by atoms with E-state index in [-0.39, 0.29) is 12.4 Å². The molecule has 0 saturated carbocycles. The Hall–Kier alpha value is 0.310. The van der Waals surface area contributed by atoms with E-state index in [9.17, 15) is 0 Å². The molecule has 8 heavy (non-hydrogen) atoms. The normalized spacial score (nSPS) is 17.4. The van der Waals surface area contributed by atoms with Gasteiger partial charge in [0, 0.05) is 12.3 Å². The van der Waals surface area contributed by atoms with E-state index in [1.807, 2.05) is 11.8 Å². The van der Waals surface area contributed by atoms with Crippen molar-refractivity contribution < 1.29 is 0 Å². The quantitative estimate of drug-likeness (QED) is 0.558. The zero-order valence-corrected chi connectivity index (χ0v) is 6.52. The van der Waals surface area contributed by atoms with E-state index in [1.165, 1.54) is 10.8 Å². The minimum atomic E-state index is 0. The Bertz CT molecular complexity index is 92.4. The van der Waals surface area contributed by atoms with Crippen molar-refractivity contribution in [2.45, 2.75) is 13.3 Å². The first-order valence-electron chi connectivity index (χ1n) is 2.59. The molecule has 0 bridgehead atoms. The van der Waals surface area contributed by atoms with Gasteiger partial charge < -0.3 is 0 Å². The molecule has 0 atom stereocenters. The molecule has 0 N–H and O–H groups in total. The second-order valence-electron chi connectivity index (χ2n) is 1.48. The summed E-state index contributed by atoms with van der Waals surface area (Å²) in [6.07, 6.45) is 1.13. The molecule has 1 nitrogen and oxygen atoms in total. The van der Waals surface area contributed by atoms with E-state index in [0.717, 1.165) is 13.0 Å². The topological polar surface area (TPSA) is 12.4 Å². The SMILES string of the molecule is CCC1=NCCS1.Cl. The number of halogens is 1. The van der Waals surface area contributed by atoms with E-state index >= 15 is 0 Å². The van der Waals surface area contributed by atoms with Crippen LogP contribution in [0.2, 0.25) is 0 Å². The van der Waals surface area contributed by atoms with Crippen LogP contribution in [0.4, 0.5) is 0 Å². The van der Waals surface area contributed by atoms with Crippen LogP contribution in [0, 0.1) is 0 Å². The Labute approximate surface area is 60.4 Å². The van der Waals surface area contributed by atoms with Crippen molar-refractivity contribution in [1.29, 1.82) is 0 Å². The van der Waals surface area contributed by atoms with Gasteiger partial charge >= 0.3 is 0 Å². The third-order valence-electron chi connectivity index (χ3n) is 0.951. The smallest absolute Gasteiger partial charge is 0.0674 e. The Morgan fingerprint density at radius 2 is 2.50 bits per heavy atom. The van der Waals surface area contributed by atoms with E-state index in [2.05, 4.69) is 11.9 Å². The molecule has 0 saturated heterocycles. The molecule has 0 aromatic rings. The lowest BCUT2D eigenvalue weighted by Gasteiger charge is -1.85. The standard InChI is InChI=1S/C5H9NS.ClH/c1-2-5-6-3-4-7-5;/h2-4H2,1H3;1H. The lowest BCUT2D eigenvalue weighted by atomic mass is 10.5. The highest BCUT2D eigenvalue weighted by Gasteiger charge is 2.01. The van der Waals surface area contributed by atoms with Gasteiger partial charge in [0.15, 0.2) is 0 Å². The van der Waals surface area contributed by atoms with Crippen LogP contribution in [0.25, 0.3) is 0 Å². The Morgan fingerprint density at radius 3 is 2.75 bits per heavy atom. The molecule has 1 aliphatic heterocycles. The number of aliphatic imine (C=N–C) groups is 1. The van der Waals surface area contributed by atoms with Gasteiger partial charge in [0.05, 0.1) is 5.04 Å². The fraction of sp³-hybridized carbons (Fsp3) is 0.800. The van der Waals surface area contributed by atoms with Crippen LogP contribution in [0.3, 0.4) is 0 Å². The van der Waals surface area contributed by atoms with Gasteiger partial charge in [0.2, 0.25) is 0 Å². The highest BCUT2D eigenvalue weighted by Crippen LogP contribution is 2.12. The van der Waals surface area contributed by atoms with Crippen molar-refractivity contribution in [2.75, 3.05) is 12.3 Å². The number of hydrogen-bond acceptors (Lipinski definition) is 2. The monoisotopic (exact) mass is 151 g/mol. The highest BCUT2D eigenvalue weighted by atomic mass is 35.5. The van der Waals surface area contributed by atoms with E-state index in [4.69, 9.17) is 0 Å². The Morgan fingerprint density at radius 1 is 1.75 bits per heavy atom. The van der Waals surface area contributed by atoms with Crippen LogP contribution < -0.4 is 0 Å². The van der Waals surface area contributed by atoms with Gasteiger partial charge in [0.25, 0.3) is 0 Å². The lowest BCUT2D eigenvalue weighted by Crippen LogP contribution is -1.79. The van der Waals surface area contributed by atoms with Crippen molar-refractivity contribution in [2.24, 2.45) is 4.99 Å². The molecular formula is C5H10ClNS. The van der Waals surface area contributed by atoms with Gasteiger partial charge in [0.1, 0.15) is 0 Å². The predicted octanol–water partition coefficient (Wildman–Crippen LogP) is 1.96. The molecule has 0 aromatic carbocycles. The number of nitrogens with zero attached hydrogens (tertiary/aromatic N) is 1. The molecule has 0 unspecified atom stereocenters. The first-order valence-corrected chi connectivity index (χ1v) is 3.58. The Balaban J connectivity index is 0.000000490. The molecule has 3 heteroatoms. The van der Waals surface area contributed by atoms with E-state index in [1.54, 1.807) is 0 Å². The van der Waals surface area contributed by atoms with Crippen LogP contribution in [0.1, 0.15) is 13.3 Å². The van der Waals surface area contributed by atoms with Crippen molar-refractivity contribution in [3.05, 3.63) is 0 Å². The molecule has 0 aromatic heterocycles. The van der Waals surface area contributed by atoms with Crippen LogP contribution in [-0.4, -0.2) is 17.3 Å². The average Bonchev–Trinajstić information content (AvgIpc) is 2.14. The van der Waals surface area contributed by atoms with Gasteiger partial charge in [-0.1, -0.05) is 6.92 Å². The molecule has 1 heterocycles. The van der Waals surface area contributed by atoms with Gasteiger partial charge in [-0.05, 0) is 6.42 Å². The molecule has 1 aliphatic rings. The first-order chi connectivity index (χ1) is 3.43. The van der Waals surface area contributed by atoms with Crippen LogP contribution >= 0.6 is 24.2 Å². The summed E-state index contributed by atoms with van der Waals surface area (Å²) in [5.74, 6) is 1.21.